The summed E-state index contributed by atoms with van der Waals surface area (Å²) in [6.07, 6.45) is 1.59. The standard InChI is InChI=1S/C10H22O4/c1-3-13-9(11)7-5-6-8-10(12)14-4-2/h9-12H,3-8H2,1-2H3. The van der Waals surface area contributed by atoms with E-state index >= 15 is 0 Å². The second-order valence-corrected chi connectivity index (χ2v) is 3.10. The van der Waals surface area contributed by atoms with E-state index in [1.807, 2.05) is 13.8 Å². The summed E-state index contributed by atoms with van der Waals surface area (Å²) in [5, 5.41) is 18.4. The zero-order chi connectivity index (χ0) is 10.8. The van der Waals surface area contributed by atoms with Crippen molar-refractivity contribution < 1.29 is 19.7 Å². The van der Waals surface area contributed by atoms with Gasteiger partial charge >= 0.3 is 0 Å². The summed E-state index contributed by atoms with van der Waals surface area (Å²) >= 11 is 0. The Bertz CT molecular complexity index is 105. The third-order valence-electron chi connectivity index (χ3n) is 1.87. The maximum absolute atomic E-state index is 9.20. The quantitative estimate of drug-likeness (QED) is 0.440. The van der Waals surface area contributed by atoms with Crippen LogP contribution in [0.5, 0.6) is 0 Å². The van der Waals surface area contributed by atoms with Gasteiger partial charge in [0, 0.05) is 13.2 Å². The second kappa shape index (κ2) is 9.40. The topological polar surface area (TPSA) is 58.9 Å². The largest absolute Gasteiger partial charge is 0.368 e. The molecule has 4 heteroatoms. The highest BCUT2D eigenvalue weighted by atomic mass is 16.6. The van der Waals surface area contributed by atoms with Crippen LogP contribution in [-0.2, 0) is 9.47 Å². The lowest BCUT2D eigenvalue weighted by atomic mass is 10.2. The molecule has 0 spiro atoms. The Morgan fingerprint density at radius 1 is 0.857 bits per heavy atom. The lowest BCUT2D eigenvalue weighted by Gasteiger charge is -2.12. The molecule has 0 aliphatic rings. The normalized spacial score (nSPS) is 15.4. The van der Waals surface area contributed by atoms with Crippen LogP contribution in [0.4, 0.5) is 0 Å². The van der Waals surface area contributed by atoms with E-state index in [1.165, 1.54) is 0 Å². The first kappa shape index (κ1) is 13.8. The van der Waals surface area contributed by atoms with E-state index < -0.39 is 12.6 Å². The molecule has 0 bridgehead atoms. The van der Waals surface area contributed by atoms with E-state index in [0.29, 0.717) is 26.1 Å². The minimum absolute atomic E-state index is 0.530. The van der Waals surface area contributed by atoms with Crippen molar-refractivity contribution in [3.63, 3.8) is 0 Å². The first-order valence-corrected chi connectivity index (χ1v) is 5.30. The first-order chi connectivity index (χ1) is 6.70. The fraction of sp³-hybridized carbons (Fsp3) is 1.00. The van der Waals surface area contributed by atoms with Gasteiger partial charge in [-0.3, -0.25) is 0 Å². The molecule has 2 unspecified atom stereocenters. The molecule has 0 aromatic rings. The number of aliphatic hydroxyl groups is 2. The van der Waals surface area contributed by atoms with Crippen LogP contribution < -0.4 is 0 Å². The Kier molecular flexibility index (Phi) is 9.29. The van der Waals surface area contributed by atoms with Crippen LogP contribution in [0.25, 0.3) is 0 Å². The monoisotopic (exact) mass is 206 g/mol. The highest BCUT2D eigenvalue weighted by molar-refractivity contribution is 4.48. The van der Waals surface area contributed by atoms with Crippen molar-refractivity contribution in [3.8, 4) is 0 Å². The Morgan fingerprint density at radius 2 is 1.21 bits per heavy atom. The van der Waals surface area contributed by atoms with Crippen molar-refractivity contribution in [2.45, 2.75) is 52.1 Å². The Hall–Kier alpha value is -0.160. The molecule has 86 valence electrons. The van der Waals surface area contributed by atoms with E-state index in [0.717, 1.165) is 12.8 Å². The van der Waals surface area contributed by atoms with Gasteiger partial charge in [0.25, 0.3) is 0 Å². The van der Waals surface area contributed by atoms with Crippen LogP contribution in [0.2, 0.25) is 0 Å². The molecule has 0 amide bonds. The van der Waals surface area contributed by atoms with E-state index in [2.05, 4.69) is 0 Å². The molecule has 0 radical (unpaired) electrons. The van der Waals surface area contributed by atoms with Gasteiger partial charge in [0.1, 0.15) is 0 Å². The molecule has 0 saturated heterocycles. The lowest BCUT2D eigenvalue weighted by Crippen LogP contribution is -2.13. The zero-order valence-corrected chi connectivity index (χ0v) is 9.11. The van der Waals surface area contributed by atoms with Gasteiger partial charge < -0.3 is 19.7 Å². The van der Waals surface area contributed by atoms with E-state index in [9.17, 15) is 10.2 Å². The summed E-state index contributed by atoms with van der Waals surface area (Å²) in [5.41, 5.74) is 0. The number of ether oxygens (including phenoxy) is 2. The molecule has 4 nitrogen and oxygen atoms in total. The van der Waals surface area contributed by atoms with Gasteiger partial charge in [0.05, 0.1) is 0 Å². The summed E-state index contributed by atoms with van der Waals surface area (Å²) < 4.78 is 9.92. The smallest absolute Gasteiger partial charge is 0.154 e. The van der Waals surface area contributed by atoms with E-state index in [4.69, 9.17) is 9.47 Å². The summed E-state index contributed by atoms with van der Waals surface area (Å²) in [7, 11) is 0. The van der Waals surface area contributed by atoms with Gasteiger partial charge in [0.15, 0.2) is 12.6 Å². The Morgan fingerprint density at radius 3 is 1.50 bits per heavy atom. The predicted octanol–water partition coefficient (Wildman–Crippen LogP) is 1.26. The molecular weight excluding hydrogens is 184 g/mol. The van der Waals surface area contributed by atoms with Crippen LogP contribution in [-0.4, -0.2) is 36.0 Å². The maximum atomic E-state index is 9.20. The van der Waals surface area contributed by atoms with Crippen molar-refractivity contribution in [1.82, 2.24) is 0 Å². The fourth-order valence-corrected chi connectivity index (χ4v) is 1.19. The number of hydrogen-bond donors (Lipinski definition) is 2. The average Bonchev–Trinajstić information content (AvgIpc) is 2.13. The summed E-state index contributed by atoms with van der Waals surface area (Å²) in [6.45, 7) is 4.76. The third-order valence-corrected chi connectivity index (χ3v) is 1.87. The number of rotatable bonds is 9. The van der Waals surface area contributed by atoms with E-state index in [-0.39, 0.29) is 0 Å². The number of aliphatic hydroxyl groups excluding tert-OH is 2. The molecule has 2 N–H and O–H groups in total. The molecule has 0 saturated carbocycles. The molecule has 0 rings (SSSR count). The van der Waals surface area contributed by atoms with Crippen LogP contribution in [0, 0.1) is 0 Å². The van der Waals surface area contributed by atoms with E-state index in [1.54, 1.807) is 0 Å². The molecule has 14 heavy (non-hydrogen) atoms. The fourth-order valence-electron chi connectivity index (χ4n) is 1.19. The number of unbranched alkanes of at least 4 members (excludes halogenated alkanes) is 1. The van der Waals surface area contributed by atoms with Gasteiger partial charge in [-0.1, -0.05) is 0 Å². The van der Waals surface area contributed by atoms with Crippen molar-refractivity contribution in [3.05, 3.63) is 0 Å². The molecule has 2 atom stereocenters. The summed E-state index contributed by atoms with van der Waals surface area (Å²) in [5.74, 6) is 0. The van der Waals surface area contributed by atoms with Crippen LogP contribution in [0.3, 0.4) is 0 Å². The number of hydrogen-bond acceptors (Lipinski definition) is 4. The maximum Gasteiger partial charge on any atom is 0.154 e. The molecular formula is C10H22O4. The van der Waals surface area contributed by atoms with Crippen LogP contribution in [0.15, 0.2) is 0 Å². The molecule has 0 aromatic heterocycles. The zero-order valence-electron chi connectivity index (χ0n) is 9.11. The van der Waals surface area contributed by atoms with Gasteiger partial charge in [-0.2, -0.15) is 0 Å². The SMILES string of the molecule is CCOC(O)CCCCC(O)OCC. The summed E-state index contributed by atoms with van der Waals surface area (Å²) in [6, 6.07) is 0. The van der Waals surface area contributed by atoms with Crippen molar-refractivity contribution >= 4 is 0 Å². The van der Waals surface area contributed by atoms with Gasteiger partial charge in [-0.15, -0.1) is 0 Å². The molecule has 0 aromatic carbocycles. The Balaban J connectivity index is 3.19. The van der Waals surface area contributed by atoms with Gasteiger partial charge in [-0.25, -0.2) is 0 Å². The van der Waals surface area contributed by atoms with Crippen LogP contribution >= 0.6 is 0 Å². The van der Waals surface area contributed by atoms with Crippen LogP contribution in [0.1, 0.15) is 39.5 Å². The minimum Gasteiger partial charge on any atom is -0.368 e. The second-order valence-electron chi connectivity index (χ2n) is 3.10. The van der Waals surface area contributed by atoms with Crippen molar-refractivity contribution in [2.24, 2.45) is 0 Å². The lowest BCUT2D eigenvalue weighted by molar-refractivity contribution is -0.108. The summed E-state index contributed by atoms with van der Waals surface area (Å²) in [4.78, 5) is 0. The highest BCUT2D eigenvalue weighted by Gasteiger charge is 2.05. The Labute approximate surface area is 85.8 Å². The highest BCUT2D eigenvalue weighted by Crippen LogP contribution is 2.07. The first-order valence-electron chi connectivity index (χ1n) is 5.30. The molecule has 0 aliphatic heterocycles. The molecule has 0 fully saturated rings. The van der Waals surface area contributed by atoms with Gasteiger partial charge in [-0.05, 0) is 39.5 Å². The van der Waals surface area contributed by atoms with Crippen molar-refractivity contribution in [2.75, 3.05) is 13.2 Å². The molecule has 0 aliphatic carbocycles. The van der Waals surface area contributed by atoms with Gasteiger partial charge in [0.2, 0.25) is 0 Å². The predicted molar refractivity (Wildman–Crippen MR) is 53.7 cm³/mol. The van der Waals surface area contributed by atoms with Crippen molar-refractivity contribution in [1.29, 1.82) is 0 Å². The minimum atomic E-state index is -0.663. The third kappa shape index (κ3) is 8.44. The molecule has 0 heterocycles. The average molecular weight is 206 g/mol.